The molecule has 26 heavy (non-hydrogen) atoms. The molecule has 9 heteroatoms. The van der Waals surface area contributed by atoms with E-state index < -0.39 is 23.9 Å². The molecule has 5 nitrogen and oxygen atoms in total. The van der Waals surface area contributed by atoms with Gasteiger partial charge in [0.25, 0.3) is 0 Å². The standard InChI is InChI=1S/C17H15ClF3N3O2/c1-2-13(25)24-12-8-7-10(16(22)23)14(15(12)26-17(19,20)21)9-5-3-4-6-11(9)18/h3-8H,2H2,1H3,(H3,22,23)(H,24,25). The van der Waals surface area contributed by atoms with Crippen LogP contribution >= 0.6 is 11.6 Å². The van der Waals surface area contributed by atoms with Crippen molar-refractivity contribution in [3.8, 4) is 16.9 Å². The number of anilines is 1. The van der Waals surface area contributed by atoms with Crippen LogP contribution in [0.3, 0.4) is 0 Å². The molecule has 2 aromatic carbocycles. The molecule has 0 aromatic heterocycles. The third-order valence-electron chi connectivity index (χ3n) is 3.40. The fourth-order valence-corrected chi connectivity index (χ4v) is 2.53. The third kappa shape index (κ3) is 4.45. The summed E-state index contributed by atoms with van der Waals surface area (Å²) in [6.07, 6.45) is -4.97. The highest BCUT2D eigenvalue weighted by Gasteiger charge is 2.35. The van der Waals surface area contributed by atoms with E-state index in [0.717, 1.165) is 0 Å². The number of amidine groups is 1. The minimum atomic E-state index is -5.03. The first-order valence-corrected chi connectivity index (χ1v) is 7.83. The number of hydrogen-bond acceptors (Lipinski definition) is 3. The average molecular weight is 386 g/mol. The molecule has 0 atom stereocenters. The second-order valence-electron chi connectivity index (χ2n) is 5.21. The molecule has 0 radical (unpaired) electrons. The van der Waals surface area contributed by atoms with Crippen molar-refractivity contribution in [2.45, 2.75) is 19.7 Å². The summed E-state index contributed by atoms with van der Waals surface area (Å²) < 4.78 is 43.2. The van der Waals surface area contributed by atoms with Crippen LogP contribution in [0.5, 0.6) is 5.75 Å². The zero-order chi connectivity index (χ0) is 19.5. The summed E-state index contributed by atoms with van der Waals surface area (Å²) in [4.78, 5) is 11.7. The normalized spacial score (nSPS) is 11.1. The van der Waals surface area contributed by atoms with Gasteiger partial charge in [-0.05, 0) is 18.2 Å². The number of carbonyl (C=O) groups is 1. The molecule has 2 rings (SSSR count). The van der Waals surface area contributed by atoms with Gasteiger partial charge in [-0.1, -0.05) is 36.7 Å². The molecule has 2 aromatic rings. The van der Waals surface area contributed by atoms with Crippen molar-refractivity contribution >= 4 is 29.0 Å². The van der Waals surface area contributed by atoms with Gasteiger partial charge in [-0.2, -0.15) is 0 Å². The van der Waals surface area contributed by atoms with Crippen LogP contribution in [0.1, 0.15) is 18.9 Å². The highest BCUT2D eigenvalue weighted by Crippen LogP contribution is 2.44. The number of carbonyl (C=O) groups excluding carboxylic acids is 1. The molecule has 0 bridgehead atoms. The van der Waals surface area contributed by atoms with Crippen LogP contribution in [0.2, 0.25) is 5.02 Å². The van der Waals surface area contributed by atoms with Crippen LogP contribution in [0.25, 0.3) is 11.1 Å². The highest BCUT2D eigenvalue weighted by molar-refractivity contribution is 6.33. The minimum absolute atomic E-state index is 0.00755. The summed E-state index contributed by atoms with van der Waals surface area (Å²) in [5.41, 5.74) is 5.38. The Hall–Kier alpha value is -2.74. The first-order chi connectivity index (χ1) is 12.1. The maximum atomic E-state index is 13.0. The Morgan fingerprint density at radius 2 is 1.92 bits per heavy atom. The maximum absolute atomic E-state index is 13.0. The quantitative estimate of drug-likeness (QED) is 0.521. The number of nitrogens with two attached hydrogens (primary N) is 1. The second-order valence-corrected chi connectivity index (χ2v) is 5.62. The van der Waals surface area contributed by atoms with E-state index >= 15 is 0 Å². The van der Waals surface area contributed by atoms with E-state index in [1.54, 1.807) is 19.1 Å². The second kappa shape index (κ2) is 7.65. The molecule has 0 aliphatic carbocycles. The molecular weight excluding hydrogens is 371 g/mol. The summed E-state index contributed by atoms with van der Waals surface area (Å²) in [7, 11) is 0. The number of amides is 1. The van der Waals surface area contributed by atoms with Gasteiger partial charge in [0.2, 0.25) is 5.91 Å². The van der Waals surface area contributed by atoms with E-state index in [1.807, 2.05) is 0 Å². The van der Waals surface area contributed by atoms with Crippen molar-refractivity contribution in [1.82, 2.24) is 0 Å². The van der Waals surface area contributed by atoms with Gasteiger partial charge in [0.1, 0.15) is 5.84 Å². The highest BCUT2D eigenvalue weighted by atomic mass is 35.5. The lowest BCUT2D eigenvalue weighted by Gasteiger charge is -2.21. The Morgan fingerprint density at radius 3 is 2.46 bits per heavy atom. The minimum Gasteiger partial charge on any atom is -0.403 e. The fourth-order valence-electron chi connectivity index (χ4n) is 2.30. The maximum Gasteiger partial charge on any atom is 0.573 e. The Bertz CT molecular complexity index is 854. The first-order valence-electron chi connectivity index (χ1n) is 7.46. The van der Waals surface area contributed by atoms with E-state index in [9.17, 15) is 18.0 Å². The molecule has 0 unspecified atom stereocenters. The molecule has 1 amide bonds. The molecular formula is C17H15ClF3N3O2. The molecule has 0 fully saturated rings. The van der Waals surface area contributed by atoms with Gasteiger partial charge in [0.05, 0.1) is 5.69 Å². The van der Waals surface area contributed by atoms with E-state index in [2.05, 4.69) is 10.1 Å². The van der Waals surface area contributed by atoms with Crippen molar-refractivity contribution in [3.63, 3.8) is 0 Å². The van der Waals surface area contributed by atoms with E-state index in [0.29, 0.717) is 0 Å². The van der Waals surface area contributed by atoms with Crippen LogP contribution in [-0.2, 0) is 4.79 Å². The summed E-state index contributed by atoms with van der Waals surface area (Å²) in [5, 5.41) is 10.2. The molecule has 0 spiro atoms. The lowest BCUT2D eigenvalue weighted by molar-refractivity contribution is -0.274. The van der Waals surface area contributed by atoms with Gasteiger partial charge in [0, 0.05) is 28.1 Å². The molecule has 0 heterocycles. The number of rotatable bonds is 5. The number of alkyl halides is 3. The Morgan fingerprint density at radius 1 is 1.27 bits per heavy atom. The Kier molecular flexibility index (Phi) is 5.76. The van der Waals surface area contributed by atoms with Gasteiger partial charge in [0.15, 0.2) is 5.75 Å². The van der Waals surface area contributed by atoms with Crippen LogP contribution in [0, 0.1) is 5.41 Å². The van der Waals surface area contributed by atoms with Crippen molar-refractivity contribution < 1.29 is 22.7 Å². The number of benzene rings is 2. The predicted molar refractivity (Wildman–Crippen MR) is 93.5 cm³/mol. The number of nitrogen functional groups attached to an aromatic ring is 1. The van der Waals surface area contributed by atoms with E-state index in [-0.39, 0.29) is 33.8 Å². The van der Waals surface area contributed by atoms with Crippen LogP contribution < -0.4 is 15.8 Å². The molecule has 0 aliphatic heterocycles. The first kappa shape index (κ1) is 19.6. The number of halogens is 4. The predicted octanol–water partition coefficient (Wildman–Crippen LogP) is 4.54. The van der Waals surface area contributed by atoms with E-state index in [1.165, 1.54) is 24.3 Å². The lowest BCUT2D eigenvalue weighted by atomic mass is 9.96. The van der Waals surface area contributed by atoms with Crippen LogP contribution in [0.15, 0.2) is 36.4 Å². The van der Waals surface area contributed by atoms with Gasteiger partial charge in [-0.3, -0.25) is 10.2 Å². The molecule has 138 valence electrons. The zero-order valence-electron chi connectivity index (χ0n) is 13.6. The largest absolute Gasteiger partial charge is 0.573 e. The number of nitrogens with one attached hydrogen (secondary N) is 2. The van der Waals surface area contributed by atoms with Crippen molar-refractivity contribution in [2.24, 2.45) is 5.73 Å². The number of ether oxygens (including phenoxy) is 1. The summed E-state index contributed by atoms with van der Waals surface area (Å²) in [6.45, 7) is 1.55. The topological polar surface area (TPSA) is 88.2 Å². The van der Waals surface area contributed by atoms with Crippen molar-refractivity contribution in [1.29, 1.82) is 5.41 Å². The molecule has 0 saturated heterocycles. The van der Waals surface area contributed by atoms with Gasteiger partial charge < -0.3 is 15.8 Å². The third-order valence-corrected chi connectivity index (χ3v) is 3.73. The van der Waals surface area contributed by atoms with Gasteiger partial charge >= 0.3 is 6.36 Å². The van der Waals surface area contributed by atoms with Crippen molar-refractivity contribution in [2.75, 3.05) is 5.32 Å². The monoisotopic (exact) mass is 385 g/mol. The van der Waals surface area contributed by atoms with Crippen LogP contribution in [-0.4, -0.2) is 18.1 Å². The van der Waals surface area contributed by atoms with Crippen molar-refractivity contribution in [3.05, 3.63) is 47.0 Å². The Labute approximate surface area is 152 Å². The molecule has 0 aliphatic rings. The summed E-state index contributed by atoms with van der Waals surface area (Å²) in [6, 6.07) is 8.65. The van der Waals surface area contributed by atoms with Gasteiger partial charge in [-0.15, -0.1) is 13.2 Å². The SMILES string of the molecule is CCC(=O)Nc1ccc(C(=N)N)c(-c2ccccc2Cl)c1OC(F)(F)F. The van der Waals surface area contributed by atoms with E-state index in [4.69, 9.17) is 22.7 Å². The summed E-state index contributed by atoms with van der Waals surface area (Å²) in [5.74, 6) is -1.65. The number of hydrogen-bond donors (Lipinski definition) is 3. The summed E-state index contributed by atoms with van der Waals surface area (Å²) >= 11 is 6.13. The lowest BCUT2D eigenvalue weighted by Crippen LogP contribution is -2.22. The smallest absolute Gasteiger partial charge is 0.403 e. The van der Waals surface area contributed by atoms with Crippen LogP contribution in [0.4, 0.5) is 18.9 Å². The average Bonchev–Trinajstić information content (AvgIpc) is 2.55. The van der Waals surface area contributed by atoms with Gasteiger partial charge in [-0.25, -0.2) is 0 Å². The zero-order valence-corrected chi connectivity index (χ0v) is 14.3. The Balaban J connectivity index is 2.82. The molecule has 4 N–H and O–H groups in total. The fraction of sp³-hybridized carbons (Fsp3) is 0.176. The molecule has 0 saturated carbocycles.